The van der Waals surface area contributed by atoms with Gasteiger partial charge >= 0.3 is 0 Å². The van der Waals surface area contributed by atoms with E-state index in [1.165, 1.54) is 12.8 Å². The van der Waals surface area contributed by atoms with E-state index >= 15 is 0 Å². The monoisotopic (exact) mass is 279 g/mol. The molecule has 0 aliphatic heterocycles. The number of benzene rings is 1. The summed E-state index contributed by atoms with van der Waals surface area (Å²) >= 11 is 0. The normalized spacial score (nSPS) is 20.1. The van der Waals surface area contributed by atoms with Crippen molar-refractivity contribution in [2.75, 3.05) is 13.2 Å². The van der Waals surface area contributed by atoms with Gasteiger partial charge in [0.05, 0.1) is 11.7 Å². The van der Waals surface area contributed by atoms with E-state index in [1.54, 1.807) is 6.07 Å². The highest BCUT2D eigenvalue weighted by Crippen LogP contribution is 2.28. The first kappa shape index (κ1) is 15.3. The quantitative estimate of drug-likeness (QED) is 0.722. The molecule has 0 bridgehead atoms. The molecule has 0 saturated heterocycles. The summed E-state index contributed by atoms with van der Waals surface area (Å²) in [5.41, 5.74) is 5.49. The highest BCUT2D eigenvalue weighted by atomic mass is 16.5. The van der Waals surface area contributed by atoms with Crippen LogP contribution in [0, 0.1) is 0 Å². The minimum absolute atomic E-state index is 0.188. The van der Waals surface area contributed by atoms with Gasteiger partial charge in [0.2, 0.25) is 0 Å². The number of ether oxygens (including phenoxy) is 1. The maximum atomic E-state index is 10.5. The van der Waals surface area contributed by atoms with Gasteiger partial charge in [0, 0.05) is 6.54 Å². The van der Waals surface area contributed by atoms with E-state index in [0.717, 1.165) is 31.2 Å². The molecule has 0 spiro atoms. The Morgan fingerprint density at radius 3 is 2.55 bits per heavy atom. The van der Waals surface area contributed by atoms with Crippen LogP contribution in [0.4, 0.5) is 0 Å². The Balaban J connectivity index is 1.96. The second kappa shape index (κ2) is 7.07. The number of nitrogens with two attached hydrogens (primary N) is 1. The van der Waals surface area contributed by atoms with Gasteiger partial charge in [-0.05, 0) is 30.5 Å². The number of aliphatic hydroxyl groups is 2. The zero-order valence-corrected chi connectivity index (χ0v) is 11.9. The smallest absolute Gasteiger partial charge is 0.119 e. The van der Waals surface area contributed by atoms with Crippen LogP contribution >= 0.6 is 0 Å². The summed E-state index contributed by atoms with van der Waals surface area (Å²) in [4.78, 5) is 0. The molecule has 4 heteroatoms. The summed E-state index contributed by atoms with van der Waals surface area (Å²) in [5, 5.41) is 20.3. The lowest BCUT2D eigenvalue weighted by Crippen LogP contribution is -2.35. The first-order valence-electron chi connectivity index (χ1n) is 7.46. The standard InChI is InChI=1S/C16H25NO3/c17-11-15(18)13-6-5-7-14(10-13)20-12-16(19)8-3-1-2-4-9-16/h5-7,10,15,18-19H,1-4,8-9,11-12,17H2. The molecule has 1 fully saturated rings. The van der Waals surface area contributed by atoms with Crippen molar-refractivity contribution >= 4 is 0 Å². The molecule has 4 nitrogen and oxygen atoms in total. The zero-order chi connectivity index (χ0) is 14.4. The third kappa shape index (κ3) is 4.20. The fourth-order valence-electron chi connectivity index (χ4n) is 2.70. The lowest BCUT2D eigenvalue weighted by Gasteiger charge is -2.26. The largest absolute Gasteiger partial charge is 0.491 e. The predicted molar refractivity (Wildman–Crippen MR) is 78.6 cm³/mol. The fourth-order valence-corrected chi connectivity index (χ4v) is 2.70. The van der Waals surface area contributed by atoms with Gasteiger partial charge < -0.3 is 20.7 Å². The molecule has 1 unspecified atom stereocenters. The van der Waals surface area contributed by atoms with Gasteiger partial charge in [-0.15, -0.1) is 0 Å². The molecule has 1 aromatic carbocycles. The van der Waals surface area contributed by atoms with Crippen molar-refractivity contribution in [3.63, 3.8) is 0 Å². The van der Waals surface area contributed by atoms with Gasteiger partial charge in [-0.3, -0.25) is 0 Å². The van der Waals surface area contributed by atoms with E-state index in [9.17, 15) is 10.2 Å². The van der Waals surface area contributed by atoms with Crippen LogP contribution in [0.1, 0.15) is 50.2 Å². The summed E-state index contributed by atoms with van der Waals surface area (Å²) in [6.45, 7) is 0.503. The molecular weight excluding hydrogens is 254 g/mol. The molecule has 1 aromatic rings. The van der Waals surface area contributed by atoms with Crippen LogP contribution in [0.25, 0.3) is 0 Å². The number of aliphatic hydroxyl groups excluding tert-OH is 1. The summed E-state index contributed by atoms with van der Waals surface area (Å²) in [7, 11) is 0. The van der Waals surface area contributed by atoms with Crippen molar-refractivity contribution < 1.29 is 14.9 Å². The molecule has 0 radical (unpaired) electrons. The highest BCUT2D eigenvalue weighted by molar-refractivity contribution is 5.30. The van der Waals surface area contributed by atoms with Gasteiger partial charge in [-0.25, -0.2) is 0 Å². The third-order valence-corrected chi connectivity index (χ3v) is 4.01. The van der Waals surface area contributed by atoms with Gasteiger partial charge in [-0.1, -0.05) is 37.8 Å². The Kier molecular flexibility index (Phi) is 5.40. The maximum absolute atomic E-state index is 10.5. The molecule has 1 aliphatic carbocycles. The van der Waals surface area contributed by atoms with Crippen molar-refractivity contribution in [3.05, 3.63) is 29.8 Å². The van der Waals surface area contributed by atoms with Crippen LogP contribution in [0.5, 0.6) is 5.75 Å². The maximum Gasteiger partial charge on any atom is 0.119 e. The predicted octanol–water partition coefficient (Wildman–Crippen LogP) is 2.14. The van der Waals surface area contributed by atoms with E-state index in [1.807, 2.05) is 18.2 Å². The number of hydrogen-bond acceptors (Lipinski definition) is 4. The zero-order valence-electron chi connectivity index (χ0n) is 11.9. The summed E-state index contributed by atoms with van der Waals surface area (Å²) in [6, 6.07) is 7.29. The molecule has 0 heterocycles. The lowest BCUT2D eigenvalue weighted by molar-refractivity contribution is -0.0174. The molecule has 1 atom stereocenters. The molecule has 1 saturated carbocycles. The van der Waals surface area contributed by atoms with Crippen LogP contribution in [0.2, 0.25) is 0 Å². The average molecular weight is 279 g/mol. The van der Waals surface area contributed by atoms with E-state index in [2.05, 4.69) is 0 Å². The van der Waals surface area contributed by atoms with E-state index in [4.69, 9.17) is 10.5 Å². The van der Waals surface area contributed by atoms with Gasteiger partial charge in [0.25, 0.3) is 0 Å². The van der Waals surface area contributed by atoms with E-state index in [0.29, 0.717) is 12.4 Å². The second-order valence-corrected chi connectivity index (χ2v) is 5.75. The van der Waals surface area contributed by atoms with Crippen LogP contribution < -0.4 is 10.5 Å². The molecule has 112 valence electrons. The van der Waals surface area contributed by atoms with Crippen molar-refractivity contribution in [2.45, 2.75) is 50.2 Å². The Morgan fingerprint density at radius 1 is 1.20 bits per heavy atom. The molecule has 0 amide bonds. The first-order valence-corrected chi connectivity index (χ1v) is 7.46. The average Bonchev–Trinajstić information content (AvgIpc) is 2.70. The summed E-state index contributed by atoms with van der Waals surface area (Å²) in [6.07, 6.45) is 5.45. The Bertz CT molecular complexity index is 414. The van der Waals surface area contributed by atoms with E-state index < -0.39 is 11.7 Å². The Labute approximate surface area is 120 Å². The Hall–Kier alpha value is -1.10. The molecule has 0 aromatic heterocycles. The summed E-state index contributed by atoms with van der Waals surface area (Å²) in [5.74, 6) is 0.674. The van der Waals surface area contributed by atoms with Crippen LogP contribution in [-0.2, 0) is 0 Å². The van der Waals surface area contributed by atoms with Crippen molar-refractivity contribution in [3.8, 4) is 5.75 Å². The third-order valence-electron chi connectivity index (χ3n) is 4.01. The van der Waals surface area contributed by atoms with Gasteiger partial charge in [0.15, 0.2) is 0 Å². The second-order valence-electron chi connectivity index (χ2n) is 5.75. The topological polar surface area (TPSA) is 75.7 Å². The lowest BCUT2D eigenvalue weighted by atomic mass is 9.96. The molecule has 1 aliphatic rings. The summed E-state index contributed by atoms with van der Waals surface area (Å²) < 4.78 is 5.74. The molecule has 4 N–H and O–H groups in total. The van der Waals surface area contributed by atoms with Crippen molar-refractivity contribution in [1.29, 1.82) is 0 Å². The minimum atomic E-state index is -0.709. The number of rotatable bonds is 5. The SMILES string of the molecule is NCC(O)c1cccc(OCC2(O)CCCCCC2)c1. The van der Waals surface area contributed by atoms with Gasteiger partial charge in [-0.2, -0.15) is 0 Å². The van der Waals surface area contributed by atoms with Crippen molar-refractivity contribution in [2.24, 2.45) is 5.73 Å². The van der Waals surface area contributed by atoms with Crippen LogP contribution in [-0.4, -0.2) is 29.0 Å². The number of hydrogen-bond donors (Lipinski definition) is 3. The van der Waals surface area contributed by atoms with Crippen LogP contribution in [0.3, 0.4) is 0 Å². The molecule has 2 rings (SSSR count). The minimum Gasteiger partial charge on any atom is -0.491 e. The van der Waals surface area contributed by atoms with Gasteiger partial charge in [0.1, 0.15) is 12.4 Å². The van der Waals surface area contributed by atoms with Crippen LogP contribution in [0.15, 0.2) is 24.3 Å². The van der Waals surface area contributed by atoms with E-state index in [-0.39, 0.29) is 6.54 Å². The Morgan fingerprint density at radius 2 is 1.90 bits per heavy atom. The molecular formula is C16H25NO3. The highest BCUT2D eigenvalue weighted by Gasteiger charge is 2.28. The fraction of sp³-hybridized carbons (Fsp3) is 0.625. The van der Waals surface area contributed by atoms with Crippen molar-refractivity contribution in [1.82, 2.24) is 0 Å². The molecule has 20 heavy (non-hydrogen) atoms. The first-order chi connectivity index (χ1) is 9.63.